The molecule has 5 rings (SSSR count). The van der Waals surface area contributed by atoms with E-state index in [-0.39, 0.29) is 11.9 Å². The lowest BCUT2D eigenvalue weighted by atomic mass is 9.87. The largest absolute Gasteiger partial charge is 0.496 e. The number of aryl methyl sites for hydroxylation is 4. The molecule has 0 unspecified atom stereocenters. The molecule has 0 aliphatic heterocycles. The summed E-state index contributed by atoms with van der Waals surface area (Å²) in [4.78, 5) is 18.6. The first-order valence-electron chi connectivity index (χ1n) is 15.0. The molecule has 0 saturated heterocycles. The van der Waals surface area contributed by atoms with E-state index in [1.165, 1.54) is 32.1 Å². The smallest absolute Gasteiger partial charge is 0.274 e. The molecule has 2 aromatic heterocycles. The van der Waals surface area contributed by atoms with E-state index in [4.69, 9.17) is 36.4 Å². The number of nitrogens with one attached hydrogen (secondary N) is 1. The molecule has 1 aliphatic carbocycles. The molecule has 43 heavy (non-hydrogen) atoms. The highest BCUT2D eigenvalue weighted by molar-refractivity contribution is 6.32. The Bertz CT molecular complexity index is 1660. The summed E-state index contributed by atoms with van der Waals surface area (Å²) in [5, 5.41) is 18.3. The summed E-state index contributed by atoms with van der Waals surface area (Å²) < 4.78 is 15.0. The zero-order valence-electron chi connectivity index (χ0n) is 25.4. The summed E-state index contributed by atoms with van der Waals surface area (Å²) >= 11 is 6.40. The topological polar surface area (TPSA) is 107 Å². The van der Waals surface area contributed by atoms with Gasteiger partial charge in [0.2, 0.25) is 5.95 Å². The van der Waals surface area contributed by atoms with Gasteiger partial charge in [-0.15, -0.1) is 5.10 Å². The zero-order chi connectivity index (χ0) is 30.5. The van der Waals surface area contributed by atoms with Gasteiger partial charge in [0, 0.05) is 36.5 Å². The van der Waals surface area contributed by atoms with E-state index < -0.39 is 0 Å². The SMILES string of the molecule is COc1cc(-c2nc(NC(=O)c3cc4c(C)c(C)ccc4n3CCCC#N)nn2CCC2CCCCC2)c(OC)cc1Cl. The van der Waals surface area contributed by atoms with Crippen LogP contribution in [-0.4, -0.2) is 39.5 Å². The van der Waals surface area contributed by atoms with Crippen molar-refractivity contribution in [1.82, 2.24) is 19.3 Å². The molecule has 226 valence electrons. The number of aromatic nitrogens is 4. The van der Waals surface area contributed by atoms with Crippen molar-refractivity contribution in [2.24, 2.45) is 5.92 Å². The Morgan fingerprint density at radius 3 is 2.58 bits per heavy atom. The normalized spacial score (nSPS) is 13.7. The number of carbonyl (C=O) groups excluding carboxylic acids is 1. The summed E-state index contributed by atoms with van der Waals surface area (Å²) in [5.74, 6) is 2.15. The first kappa shape index (κ1) is 30.4. The molecule has 0 bridgehead atoms. The van der Waals surface area contributed by atoms with E-state index in [2.05, 4.69) is 31.3 Å². The van der Waals surface area contributed by atoms with Gasteiger partial charge >= 0.3 is 0 Å². The molecular weight excluding hydrogens is 564 g/mol. The van der Waals surface area contributed by atoms with E-state index in [0.717, 1.165) is 28.5 Å². The van der Waals surface area contributed by atoms with Gasteiger partial charge in [-0.05, 0) is 61.9 Å². The predicted octanol–water partition coefficient (Wildman–Crippen LogP) is 7.71. The number of fused-ring (bicyclic) bond motifs is 1. The number of nitriles is 1. The second-order valence-corrected chi connectivity index (χ2v) is 11.7. The number of nitrogens with zero attached hydrogens (tertiary/aromatic N) is 5. The van der Waals surface area contributed by atoms with Gasteiger partial charge in [0.05, 0.1) is 30.9 Å². The Hall–Kier alpha value is -4.03. The molecule has 1 aliphatic rings. The van der Waals surface area contributed by atoms with Crippen molar-refractivity contribution >= 4 is 34.4 Å². The number of methoxy groups -OCH3 is 2. The first-order chi connectivity index (χ1) is 20.8. The summed E-state index contributed by atoms with van der Waals surface area (Å²) in [6.07, 6.45) is 8.30. The van der Waals surface area contributed by atoms with Gasteiger partial charge in [0.15, 0.2) is 5.82 Å². The number of unbranched alkanes of at least 4 members (excludes halogenated alkanes) is 1. The van der Waals surface area contributed by atoms with Crippen LogP contribution in [0.1, 0.15) is 73.0 Å². The van der Waals surface area contributed by atoms with Gasteiger partial charge in [0.1, 0.15) is 17.2 Å². The Balaban J connectivity index is 1.51. The molecule has 0 spiro atoms. The van der Waals surface area contributed by atoms with Crippen LogP contribution in [0.2, 0.25) is 5.02 Å². The maximum Gasteiger partial charge on any atom is 0.274 e. The number of hydrogen-bond donors (Lipinski definition) is 1. The predicted molar refractivity (Wildman–Crippen MR) is 169 cm³/mol. The highest BCUT2D eigenvalue weighted by Gasteiger charge is 2.23. The van der Waals surface area contributed by atoms with Crippen LogP contribution in [0.4, 0.5) is 5.95 Å². The molecule has 1 fully saturated rings. The fraction of sp³-hybridized carbons (Fsp3) is 0.455. The molecule has 1 amide bonds. The Morgan fingerprint density at radius 1 is 1.09 bits per heavy atom. The minimum Gasteiger partial charge on any atom is -0.496 e. The number of benzene rings is 2. The van der Waals surface area contributed by atoms with Crippen LogP contribution in [0.3, 0.4) is 0 Å². The van der Waals surface area contributed by atoms with Gasteiger partial charge in [-0.25, -0.2) is 4.68 Å². The van der Waals surface area contributed by atoms with Crippen LogP contribution >= 0.6 is 11.6 Å². The lowest BCUT2D eigenvalue weighted by Crippen LogP contribution is -2.18. The highest BCUT2D eigenvalue weighted by Crippen LogP contribution is 2.38. The van der Waals surface area contributed by atoms with Crippen molar-refractivity contribution < 1.29 is 14.3 Å². The van der Waals surface area contributed by atoms with Crippen molar-refractivity contribution in [2.75, 3.05) is 19.5 Å². The number of rotatable bonds is 11. The lowest BCUT2D eigenvalue weighted by Gasteiger charge is -2.21. The number of carbonyl (C=O) groups is 1. The lowest BCUT2D eigenvalue weighted by molar-refractivity contribution is 0.101. The summed E-state index contributed by atoms with van der Waals surface area (Å²) in [7, 11) is 3.15. The first-order valence-corrected chi connectivity index (χ1v) is 15.4. The van der Waals surface area contributed by atoms with Crippen LogP contribution < -0.4 is 14.8 Å². The Morgan fingerprint density at radius 2 is 1.86 bits per heavy atom. The van der Waals surface area contributed by atoms with Crippen LogP contribution in [0.5, 0.6) is 11.5 Å². The Labute approximate surface area is 257 Å². The molecule has 2 aromatic carbocycles. The maximum atomic E-state index is 13.8. The molecular formula is C33H39ClN6O3. The highest BCUT2D eigenvalue weighted by atomic mass is 35.5. The molecule has 0 radical (unpaired) electrons. The van der Waals surface area contributed by atoms with Gasteiger partial charge in [-0.1, -0.05) is 49.8 Å². The minimum atomic E-state index is -0.304. The van der Waals surface area contributed by atoms with Crippen molar-refractivity contribution in [3.63, 3.8) is 0 Å². The average Bonchev–Trinajstić information content (AvgIpc) is 3.59. The van der Waals surface area contributed by atoms with Gasteiger partial charge in [-0.2, -0.15) is 10.2 Å². The summed E-state index contributed by atoms with van der Waals surface area (Å²) in [6.45, 7) is 5.34. The second kappa shape index (κ2) is 13.5. The number of halogens is 1. The fourth-order valence-electron chi connectivity index (χ4n) is 6.06. The van der Waals surface area contributed by atoms with E-state index in [0.29, 0.717) is 65.5 Å². The van der Waals surface area contributed by atoms with Crippen LogP contribution in [0.25, 0.3) is 22.3 Å². The third-order valence-corrected chi connectivity index (χ3v) is 8.91. The molecule has 0 atom stereocenters. The molecule has 1 saturated carbocycles. The van der Waals surface area contributed by atoms with E-state index in [1.54, 1.807) is 26.4 Å². The quantitative estimate of drug-likeness (QED) is 0.176. The standard InChI is InChI=1S/C33H39ClN6O3/c1-21-12-13-27-24(22(21)2)18-28(39(27)16-9-8-15-35)32(41)37-33-36-31(25-19-30(43-4)26(34)20-29(25)42-3)40(38-33)17-14-23-10-6-5-7-11-23/h12-13,18-20,23H,5-11,14,16-17H2,1-4H3,(H,37,38,41). The number of hydrogen-bond acceptors (Lipinski definition) is 6. The average molecular weight is 603 g/mol. The van der Waals surface area contributed by atoms with Gasteiger partial charge in [0.25, 0.3) is 5.91 Å². The van der Waals surface area contributed by atoms with E-state index in [9.17, 15) is 4.79 Å². The molecule has 9 nitrogen and oxygen atoms in total. The zero-order valence-corrected chi connectivity index (χ0v) is 26.1. The fourth-order valence-corrected chi connectivity index (χ4v) is 6.29. The van der Waals surface area contributed by atoms with Crippen LogP contribution in [0.15, 0.2) is 30.3 Å². The summed E-state index contributed by atoms with van der Waals surface area (Å²) in [6, 6.07) is 11.7. The third-order valence-electron chi connectivity index (χ3n) is 8.61. The number of anilines is 1. The Kier molecular flexibility index (Phi) is 9.56. The van der Waals surface area contributed by atoms with Crippen molar-refractivity contribution in [2.45, 2.75) is 78.3 Å². The van der Waals surface area contributed by atoms with Crippen molar-refractivity contribution in [1.29, 1.82) is 5.26 Å². The maximum absolute atomic E-state index is 13.8. The molecule has 4 aromatic rings. The van der Waals surface area contributed by atoms with Gasteiger partial charge in [-0.3, -0.25) is 10.1 Å². The van der Waals surface area contributed by atoms with E-state index in [1.807, 2.05) is 21.4 Å². The second-order valence-electron chi connectivity index (χ2n) is 11.3. The van der Waals surface area contributed by atoms with Crippen molar-refractivity contribution in [3.8, 4) is 29.0 Å². The monoisotopic (exact) mass is 602 g/mol. The van der Waals surface area contributed by atoms with Crippen LogP contribution in [-0.2, 0) is 13.1 Å². The summed E-state index contributed by atoms with van der Waals surface area (Å²) in [5.41, 5.74) is 4.44. The number of amides is 1. The minimum absolute atomic E-state index is 0.210. The van der Waals surface area contributed by atoms with Crippen molar-refractivity contribution in [3.05, 3.63) is 52.2 Å². The molecule has 10 heteroatoms. The molecule has 2 heterocycles. The van der Waals surface area contributed by atoms with Crippen LogP contribution in [0, 0.1) is 31.1 Å². The number of ether oxygens (including phenoxy) is 2. The van der Waals surface area contributed by atoms with Gasteiger partial charge < -0.3 is 14.0 Å². The molecule has 1 N–H and O–H groups in total. The van der Waals surface area contributed by atoms with E-state index >= 15 is 0 Å². The third kappa shape index (κ3) is 6.50.